The molecule has 1 aliphatic carbocycles. The molecule has 2 aliphatic heterocycles. The number of allylic oxidation sites excluding steroid dienone is 1. The summed E-state index contributed by atoms with van der Waals surface area (Å²) < 4.78 is 41.2. The first-order valence-electron chi connectivity index (χ1n) is 20.9. The lowest BCUT2D eigenvalue weighted by molar-refractivity contribution is 0.0521. The number of benzene rings is 3. The van der Waals surface area contributed by atoms with Gasteiger partial charge in [-0.05, 0) is 103 Å². The molecule has 0 bridgehead atoms. The summed E-state index contributed by atoms with van der Waals surface area (Å²) in [7, 11) is -2.76. The van der Waals surface area contributed by atoms with Gasteiger partial charge in [0.25, 0.3) is 15.9 Å². The van der Waals surface area contributed by atoms with E-state index in [1.807, 2.05) is 24.3 Å². The van der Waals surface area contributed by atoms with E-state index in [9.17, 15) is 18.0 Å². The number of piperidine rings is 1. The van der Waals surface area contributed by atoms with E-state index >= 15 is 0 Å². The molecule has 3 N–H and O–H groups in total. The van der Waals surface area contributed by atoms with Crippen molar-refractivity contribution in [2.24, 2.45) is 5.41 Å². The van der Waals surface area contributed by atoms with Crippen LogP contribution >= 0.6 is 23.2 Å². The molecular formula is C46H51Cl2N7O6S. The maximum Gasteiger partial charge on any atom is 0.321 e. The number of urea groups is 1. The maximum atomic E-state index is 13.9. The first-order valence-corrected chi connectivity index (χ1v) is 23.1. The SMILES string of the molecule is COC1CCN(C(=O)Nc2ccc(S(=O)(=O)NC(=O)c3ccc(N4CCN(CC5=C(c6ccc(Cl)cc6)CC(C)(C)CC5)CC4)cc3Oc3cnc4[nH]ccc4c3)cc2Cl)CC1. The number of carbonyl (C=O) groups is 2. The Hall–Kier alpha value is -5.12. The van der Waals surface area contributed by atoms with Gasteiger partial charge in [0.05, 0.1) is 33.5 Å². The van der Waals surface area contributed by atoms with Crippen LogP contribution in [0.25, 0.3) is 16.6 Å². The van der Waals surface area contributed by atoms with E-state index in [1.54, 1.807) is 42.6 Å². The summed E-state index contributed by atoms with van der Waals surface area (Å²) in [6, 6.07) is 20.6. The monoisotopic (exact) mass is 899 g/mol. The van der Waals surface area contributed by atoms with Gasteiger partial charge in [-0.25, -0.2) is 22.9 Å². The van der Waals surface area contributed by atoms with E-state index in [1.165, 1.54) is 34.9 Å². The Bertz CT molecular complexity index is 2600. The zero-order valence-electron chi connectivity index (χ0n) is 35.0. The van der Waals surface area contributed by atoms with Crippen LogP contribution in [0.15, 0.2) is 95.7 Å². The summed E-state index contributed by atoms with van der Waals surface area (Å²) in [6.45, 7) is 9.78. The molecule has 13 nitrogen and oxygen atoms in total. The number of piperazine rings is 1. The second-order valence-corrected chi connectivity index (χ2v) is 19.5. The fraction of sp³-hybridized carbons (Fsp3) is 0.370. The molecule has 8 rings (SSSR count). The molecule has 0 unspecified atom stereocenters. The summed E-state index contributed by atoms with van der Waals surface area (Å²) in [6.07, 6.45) is 8.08. The Morgan fingerprint density at radius 2 is 1.69 bits per heavy atom. The van der Waals surface area contributed by atoms with E-state index in [4.69, 9.17) is 32.7 Å². The number of carbonyl (C=O) groups excluding carboxylic acids is 2. The normalized spacial score (nSPS) is 17.6. The molecule has 16 heteroatoms. The number of hydrogen-bond donors (Lipinski definition) is 3. The third-order valence-corrected chi connectivity index (χ3v) is 14.0. The number of pyridine rings is 1. The van der Waals surface area contributed by atoms with Gasteiger partial charge in [0.1, 0.15) is 17.1 Å². The highest BCUT2D eigenvalue weighted by atomic mass is 35.5. The molecular weight excluding hydrogens is 850 g/mol. The summed E-state index contributed by atoms with van der Waals surface area (Å²) in [5, 5.41) is 4.31. The fourth-order valence-electron chi connectivity index (χ4n) is 8.47. The fourth-order valence-corrected chi connectivity index (χ4v) is 9.88. The minimum atomic E-state index is -4.41. The predicted molar refractivity (Wildman–Crippen MR) is 244 cm³/mol. The lowest BCUT2D eigenvalue weighted by Gasteiger charge is -2.39. The molecule has 3 aromatic carbocycles. The van der Waals surface area contributed by atoms with Gasteiger partial charge in [-0.3, -0.25) is 9.69 Å². The number of aromatic amines is 1. The molecule has 326 valence electrons. The number of nitrogens with one attached hydrogen (secondary N) is 3. The van der Waals surface area contributed by atoms with Crippen molar-refractivity contribution < 1.29 is 27.5 Å². The van der Waals surface area contributed by atoms with Gasteiger partial charge in [0.2, 0.25) is 0 Å². The van der Waals surface area contributed by atoms with Crippen molar-refractivity contribution >= 4 is 73.1 Å². The molecule has 62 heavy (non-hydrogen) atoms. The Labute approximate surface area is 372 Å². The number of nitrogens with zero attached hydrogens (tertiary/aromatic N) is 4. The van der Waals surface area contributed by atoms with Crippen LogP contribution < -0.4 is 19.7 Å². The number of sulfonamides is 1. The quantitative estimate of drug-likeness (QED) is 0.118. The lowest BCUT2D eigenvalue weighted by Crippen LogP contribution is -2.47. The van der Waals surface area contributed by atoms with Crippen LogP contribution in [0.2, 0.25) is 10.0 Å². The van der Waals surface area contributed by atoms with Crippen molar-refractivity contribution in [3.8, 4) is 11.5 Å². The molecule has 2 fully saturated rings. The highest BCUT2D eigenvalue weighted by molar-refractivity contribution is 7.90. The minimum absolute atomic E-state index is 0.00276. The molecule has 0 spiro atoms. The zero-order valence-corrected chi connectivity index (χ0v) is 37.4. The van der Waals surface area contributed by atoms with Crippen LogP contribution in [-0.4, -0.2) is 99.2 Å². The number of halogens is 2. The van der Waals surface area contributed by atoms with Crippen LogP contribution in [0.4, 0.5) is 16.2 Å². The number of rotatable bonds is 11. The second kappa shape index (κ2) is 18.3. The number of likely N-dealkylation sites (tertiary alicyclic amines) is 1. The highest BCUT2D eigenvalue weighted by Crippen LogP contribution is 2.43. The maximum absolute atomic E-state index is 13.9. The topological polar surface area (TPSA) is 149 Å². The number of hydrogen-bond acceptors (Lipinski definition) is 9. The molecule has 5 aromatic rings. The predicted octanol–water partition coefficient (Wildman–Crippen LogP) is 9.21. The number of amides is 3. The van der Waals surface area contributed by atoms with Gasteiger partial charge < -0.3 is 29.6 Å². The van der Waals surface area contributed by atoms with Gasteiger partial charge in [-0.1, -0.05) is 54.8 Å². The molecule has 2 saturated heterocycles. The third kappa shape index (κ3) is 10.1. The first kappa shape index (κ1) is 43.5. The first-order chi connectivity index (χ1) is 29.7. The third-order valence-electron chi connectivity index (χ3n) is 12.1. The van der Waals surface area contributed by atoms with Gasteiger partial charge in [0.15, 0.2) is 0 Å². The number of anilines is 2. The van der Waals surface area contributed by atoms with Crippen LogP contribution in [0, 0.1) is 5.41 Å². The molecule has 3 amide bonds. The Balaban J connectivity index is 0.978. The summed E-state index contributed by atoms with van der Waals surface area (Å²) in [5.74, 6) is -0.341. The number of ether oxygens (including phenoxy) is 2. The van der Waals surface area contributed by atoms with Gasteiger partial charge in [-0.15, -0.1) is 0 Å². The highest BCUT2D eigenvalue weighted by Gasteiger charge is 2.30. The Morgan fingerprint density at radius 3 is 2.42 bits per heavy atom. The average molecular weight is 901 g/mol. The van der Waals surface area contributed by atoms with Crippen molar-refractivity contribution in [2.75, 3.05) is 63.1 Å². The van der Waals surface area contributed by atoms with Gasteiger partial charge in [0, 0.05) is 81.3 Å². The Kier molecular flexibility index (Phi) is 12.9. The van der Waals surface area contributed by atoms with E-state index in [2.05, 4.69) is 55.8 Å². The zero-order chi connectivity index (χ0) is 43.6. The lowest BCUT2D eigenvalue weighted by atomic mass is 9.72. The second-order valence-electron chi connectivity index (χ2n) is 17.0. The average Bonchev–Trinajstić information content (AvgIpc) is 3.73. The van der Waals surface area contributed by atoms with E-state index in [-0.39, 0.29) is 44.5 Å². The largest absolute Gasteiger partial charge is 0.455 e. The summed E-state index contributed by atoms with van der Waals surface area (Å²) in [5.41, 5.74) is 6.14. The van der Waals surface area contributed by atoms with E-state index in [0.717, 1.165) is 68.1 Å². The molecule has 2 aromatic heterocycles. The van der Waals surface area contributed by atoms with Crippen LogP contribution in [0.3, 0.4) is 0 Å². The molecule has 0 radical (unpaired) electrons. The van der Waals surface area contributed by atoms with E-state index < -0.39 is 15.9 Å². The van der Waals surface area contributed by atoms with Crippen LogP contribution in [0.5, 0.6) is 11.5 Å². The number of methoxy groups -OCH3 is 1. The molecule has 4 heterocycles. The van der Waals surface area contributed by atoms with Crippen molar-refractivity contribution in [3.05, 3.63) is 112 Å². The summed E-state index contributed by atoms with van der Waals surface area (Å²) in [4.78, 5) is 40.5. The van der Waals surface area contributed by atoms with Gasteiger partial charge >= 0.3 is 6.03 Å². The minimum Gasteiger partial charge on any atom is -0.455 e. The molecule has 0 atom stereocenters. The standard InChI is InChI=1S/C46H51Cl2N7O6S/c1-46(2)16-12-32(39(27-46)30-4-6-33(47)7-5-30)29-53-20-22-54(23-21-53)34-8-10-38(42(25-34)61-36-24-31-13-17-49-43(31)50-28-36)44(56)52-62(58,59)37-9-11-41(40(48)26-37)51-45(57)55-18-14-35(60-3)15-19-55/h4-11,13,17,24-26,28,35H,12,14-16,18-23,27,29H2,1-3H3,(H,49,50)(H,51,57)(H,52,56). The molecule has 3 aliphatic rings. The van der Waals surface area contributed by atoms with Gasteiger partial charge in [-0.2, -0.15) is 0 Å². The Morgan fingerprint density at radius 1 is 0.935 bits per heavy atom. The van der Waals surface area contributed by atoms with Crippen LogP contribution in [-0.2, 0) is 14.8 Å². The number of H-pyrrole nitrogens is 1. The van der Waals surface area contributed by atoms with Crippen molar-refractivity contribution in [1.29, 1.82) is 0 Å². The smallest absolute Gasteiger partial charge is 0.321 e. The van der Waals surface area contributed by atoms with E-state index in [0.29, 0.717) is 37.3 Å². The molecule has 0 saturated carbocycles. The van der Waals surface area contributed by atoms with Crippen molar-refractivity contribution in [2.45, 2.75) is 57.0 Å². The van der Waals surface area contributed by atoms with Crippen molar-refractivity contribution in [1.82, 2.24) is 24.5 Å². The number of fused-ring (bicyclic) bond motifs is 1. The van der Waals surface area contributed by atoms with Crippen molar-refractivity contribution in [3.63, 3.8) is 0 Å². The van der Waals surface area contributed by atoms with Crippen LogP contribution in [0.1, 0.15) is 61.9 Å². The summed E-state index contributed by atoms with van der Waals surface area (Å²) >= 11 is 12.7. The number of aromatic nitrogens is 2.